The van der Waals surface area contributed by atoms with Gasteiger partial charge in [0, 0.05) is 5.56 Å². The SMILES string of the molecule is Cc1ccc(COc2ccc(C3N=C(NC#N)Nc4nc(N)c(C#N)c(N)c43)cc2)cc1. The fourth-order valence-corrected chi connectivity index (χ4v) is 3.42. The number of nitrogens with two attached hydrogens (primary N) is 2. The highest BCUT2D eigenvalue weighted by Gasteiger charge is 2.29. The van der Waals surface area contributed by atoms with Crippen LogP contribution < -0.4 is 26.8 Å². The van der Waals surface area contributed by atoms with Gasteiger partial charge in [0.25, 0.3) is 0 Å². The lowest BCUT2D eigenvalue weighted by Crippen LogP contribution is -2.32. The van der Waals surface area contributed by atoms with Gasteiger partial charge in [-0.1, -0.05) is 42.0 Å². The molecule has 6 N–H and O–H groups in total. The van der Waals surface area contributed by atoms with Crippen LogP contribution in [-0.2, 0) is 6.61 Å². The maximum absolute atomic E-state index is 9.42. The Labute approximate surface area is 185 Å². The van der Waals surface area contributed by atoms with Crippen LogP contribution in [0.15, 0.2) is 53.5 Å². The molecule has 0 saturated carbocycles. The highest BCUT2D eigenvalue weighted by Crippen LogP contribution is 2.40. The van der Waals surface area contributed by atoms with Crippen molar-refractivity contribution >= 4 is 23.3 Å². The Bertz CT molecular complexity index is 1270. The zero-order valence-corrected chi connectivity index (χ0v) is 17.3. The molecule has 4 rings (SSSR count). The lowest BCUT2D eigenvalue weighted by molar-refractivity contribution is 0.306. The first-order chi connectivity index (χ1) is 15.5. The Morgan fingerprint density at radius 1 is 1.09 bits per heavy atom. The number of guanidine groups is 1. The van der Waals surface area contributed by atoms with Crippen molar-refractivity contribution in [2.75, 3.05) is 16.8 Å². The Morgan fingerprint density at radius 3 is 2.47 bits per heavy atom. The zero-order chi connectivity index (χ0) is 22.7. The molecular weight excluding hydrogens is 404 g/mol. The molecule has 0 fully saturated rings. The van der Waals surface area contributed by atoms with Gasteiger partial charge < -0.3 is 21.5 Å². The average Bonchev–Trinajstić information content (AvgIpc) is 2.79. The van der Waals surface area contributed by atoms with Gasteiger partial charge in [-0.05, 0) is 30.2 Å². The molecule has 2 aromatic carbocycles. The predicted octanol–water partition coefficient (Wildman–Crippen LogP) is 2.95. The van der Waals surface area contributed by atoms with Crippen LogP contribution in [0.25, 0.3) is 0 Å². The Kier molecular flexibility index (Phi) is 5.47. The van der Waals surface area contributed by atoms with Crippen LogP contribution in [-0.4, -0.2) is 10.9 Å². The predicted molar refractivity (Wildman–Crippen MR) is 121 cm³/mol. The monoisotopic (exact) mass is 424 g/mol. The number of rotatable bonds is 4. The third-order valence-electron chi connectivity index (χ3n) is 5.08. The second kappa shape index (κ2) is 8.54. The number of nitrogen functional groups attached to an aromatic ring is 2. The van der Waals surface area contributed by atoms with Crippen molar-refractivity contribution < 1.29 is 4.74 Å². The van der Waals surface area contributed by atoms with Crippen LogP contribution in [0.3, 0.4) is 0 Å². The standard InChI is InChI=1S/C23H20N8O/c1-13-2-4-14(5-3-13)11-32-16-8-6-15(7-9-16)20-18-19(26)17(10-24)21(27)30-22(18)31-23(29-20)28-12-25/h2-9,20H,11H2,1H3,(H6,26,27,28,29,30,31). The molecule has 2 heterocycles. The van der Waals surface area contributed by atoms with Crippen molar-refractivity contribution in [1.82, 2.24) is 10.3 Å². The van der Waals surface area contributed by atoms with Crippen LogP contribution >= 0.6 is 0 Å². The van der Waals surface area contributed by atoms with Gasteiger partial charge in [0.15, 0.2) is 6.19 Å². The first-order valence-corrected chi connectivity index (χ1v) is 9.77. The molecule has 3 aromatic rings. The molecule has 0 amide bonds. The molecule has 9 nitrogen and oxygen atoms in total. The molecule has 158 valence electrons. The largest absolute Gasteiger partial charge is 0.489 e. The Hall–Kier alpha value is -4.76. The molecule has 0 saturated heterocycles. The van der Waals surface area contributed by atoms with E-state index in [-0.39, 0.29) is 23.0 Å². The van der Waals surface area contributed by atoms with Crippen molar-refractivity contribution in [3.05, 3.63) is 76.3 Å². The van der Waals surface area contributed by atoms with E-state index >= 15 is 0 Å². The first kappa shape index (κ1) is 20.5. The van der Waals surface area contributed by atoms with Crippen LogP contribution in [0.2, 0.25) is 0 Å². The smallest absolute Gasteiger partial charge is 0.211 e. The highest BCUT2D eigenvalue weighted by atomic mass is 16.5. The summed E-state index contributed by atoms with van der Waals surface area (Å²) < 4.78 is 5.88. The summed E-state index contributed by atoms with van der Waals surface area (Å²) in [7, 11) is 0. The number of fused-ring (bicyclic) bond motifs is 1. The van der Waals surface area contributed by atoms with Gasteiger partial charge in [0.2, 0.25) is 5.96 Å². The Balaban J connectivity index is 1.64. The third-order valence-corrected chi connectivity index (χ3v) is 5.08. The molecule has 0 radical (unpaired) electrons. The summed E-state index contributed by atoms with van der Waals surface area (Å²) >= 11 is 0. The number of nitrogens with one attached hydrogen (secondary N) is 2. The van der Waals surface area contributed by atoms with Crippen LogP contribution in [0.4, 0.5) is 17.3 Å². The summed E-state index contributed by atoms with van der Waals surface area (Å²) in [5.74, 6) is 1.26. The van der Waals surface area contributed by atoms with Crippen molar-refractivity contribution in [1.29, 1.82) is 10.5 Å². The second-order valence-electron chi connectivity index (χ2n) is 7.25. The number of hydrogen-bond acceptors (Lipinski definition) is 9. The van der Waals surface area contributed by atoms with Crippen molar-refractivity contribution in [2.24, 2.45) is 4.99 Å². The quantitative estimate of drug-likeness (QED) is 0.367. The van der Waals surface area contributed by atoms with E-state index in [2.05, 4.69) is 20.6 Å². The number of nitriles is 2. The lowest BCUT2D eigenvalue weighted by Gasteiger charge is -2.26. The van der Waals surface area contributed by atoms with Crippen LogP contribution in [0, 0.1) is 29.7 Å². The van der Waals surface area contributed by atoms with Crippen LogP contribution in [0.1, 0.15) is 33.9 Å². The molecular formula is C23H20N8O. The molecule has 1 aromatic heterocycles. The topological polar surface area (TPSA) is 158 Å². The number of aromatic nitrogens is 1. The van der Waals surface area contributed by atoms with E-state index < -0.39 is 6.04 Å². The molecule has 1 unspecified atom stereocenters. The number of anilines is 3. The average molecular weight is 424 g/mol. The van der Waals surface area contributed by atoms with E-state index in [1.165, 1.54) is 5.56 Å². The van der Waals surface area contributed by atoms with Gasteiger partial charge in [-0.2, -0.15) is 10.5 Å². The molecule has 1 aliphatic heterocycles. The minimum absolute atomic E-state index is 0.00746. The number of aliphatic imine (C=N–C) groups is 1. The summed E-state index contributed by atoms with van der Waals surface area (Å²) in [6, 6.07) is 16.9. The molecule has 0 spiro atoms. The fraction of sp³-hybridized carbons (Fsp3) is 0.130. The molecule has 0 bridgehead atoms. The van der Waals surface area contributed by atoms with Gasteiger partial charge in [-0.3, -0.25) is 5.32 Å². The minimum Gasteiger partial charge on any atom is -0.489 e. The van der Waals surface area contributed by atoms with Crippen molar-refractivity contribution in [2.45, 2.75) is 19.6 Å². The van der Waals surface area contributed by atoms with E-state index in [0.29, 0.717) is 23.7 Å². The molecule has 1 atom stereocenters. The van der Waals surface area contributed by atoms with Gasteiger partial charge in [-0.25, -0.2) is 9.98 Å². The Morgan fingerprint density at radius 2 is 1.81 bits per heavy atom. The summed E-state index contributed by atoms with van der Waals surface area (Å²) in [6.07, 6.45) is 1.83. The van der Waals surface area contributed by atoms with E-state index in [4.69, 9.17) is 21.5 Å². The van der Waals surface area contributed by atoms with Crippen molar-refractivity contribution in [3.8, 4) is 18.0 Å². The van der Waals surface area contributed by atoms with Crippen LogP contribution in [0.5, 0.6) is 5.75 Å². The van der Waals surface area contributed by atoms with Crippen molar-refractivity contribution in [3.63, 3.8) is 0 Å². The summed E-state index contributed by atoms with van der Waals surface area (Å²) in [6.45, 7) is 2.49. The minimum atomic E-state index is -0.589. The van der Waals surface area contributed by atoms with E-state index in [9.17, 15) is 5.26 Å². The third kappa shape index (κ3) is 3.95. The molecule has 9 heteroatoms. The number of pyridine rings is 1. The van der Waals surface area contributed by atoms with Gasteiger partial charge in [0.05, 0.1) is 5.69 Å². The van der Waals surface area contributed by atoms with E-state index in [0.717, 1.165) is 11.1 Å². The lowest BCUT2D eigenvalue weighted by atomic mass is 9.95. The first-order valence-electron chi connectivity index (χ1n) is 9.77. The maximum atomic E-state index is 9.42. The van der Waals surface area contributed by atoms with Gasteiger partial charge in [-0.15, -0.1) is 0 Å². The fourth-order valence-electron chi connectivity index (χ4n) is 3.42. The number of nitrogens with zero attached hydrogens (tertiary/aromatic N) is 4. The number of aryl methyl sites for hydroxylation is 1. The summed E-state index contributed by atoms with van der Waals surface area (Å²) in [5.41, 5.74) is 16.0. The van der Waals surface area contributed by atoms with E-state index in [1.807, 2.05) is 67.7 Å². The number of hydrogen-bond donors (Lipinski definition) is 4. The second-order valence-corrected chi connectivity index (χ2v) is 7.25. The normalized spacial score (nSPS) is 14.2. The molecule has 1 aliphatic rings. The maximum Gasteiger partial charge on any atom is 0.211 e. The zero-order valence-electron chi connectivity index (χ0n) is 17.3. The highest BCUT2D eigenvalue weighted by molar-refractivity contribution is 5.98. The van der Waals surface area contributed by atoms with E-state index in [1.54, 1.807) is 0 Å². The number of benzene rings is 2. The summed E-state index contributed by atoms with van der Waals surface area (Å²) in [4.78, 5) is 8.79. The number of ether oxygens (including phenoxy) is 1. The molecule has 32 heavy (non-hydrogen) atoms. The molecule has 0 aliphatic carbocycles. The van der Waals surface area contributed by atoms with Gasteiger partial charge in [0.1, 0.15) is 41.7 Å². The van der Waals surface area contributed by atoms with Gasteiger partial charge >= 0.3 is 0 Å². The summed E-state index contributed by atoms with van der Waals surface area (Å²) in [5, 5.41) is 23.8.